The van der Waals surface area contributed by atoms with Crippen LogP contribution in [-0.2, 0) is 4.79 Å². The topological polar surface area (TPSA) is 77.6 Å². The molecule has 2 aromatic heterocycles. The number of nitrogens with zero attached hydrogens (tertiary/aromatic N) is 5. The summed E-state index contributed by atoms with van der Waals surface area (Å²) in [7, 11) is 0. The van der Waals surface area contributed by atoms with Crippen LogP contribution in [0, 0.1) is 12.7 Å². The maximum absolute atomic E-state index is 13.2. The van der Waals surface area contributed by atoms with Gasteiger partial charge in [0.15, 0.2) is 0 Å². The molecule has 4 rings (SSSR count). The Labute approximate surface area is 189 Å². The Hall–Kier alpha value is -3.78. The Bertz CT molecular complexity index is 1250. The van der Waals surface area contributed by atoms with Crippen LogP contribution in [0.4, 0.5) is 4.39 Å². The quantitative estimate of drug-likeness (QED) is 0.440. The lowest BCUT2D eigenvalue weighted by molar-refractivity contribution is -0.117. The molecular weight excluding hydrogens is 431 g/mol. The molecule has 0 radical (unpaired) electrons. The van der Waals surface area contributed by atoms with Crippen molar-refractivity contribution in [2.45, 2.75) is 19.9 Å². The summed E-state index contributed by atoms with van der Waals surface area (Å²) in [6, 6.07) is 13.3. The molecule has 2 aromatic carbocycles. The van der Waals surface area contributed by atoms with Crippen LogP contribution < -0.4 is 5.32 Å². The van der Waals surface area contributed by atoms with E-state index in [9.17, 15) is 9.18 Å². The first-order valence-electron chi connectivity index (χ1n) is 9.87. The second-order valence-corrected chi connectivity index (χ2v) is 7.53. The van der Waals surface area contributed by atoms with Gasteiger partial charge in [-0.25, -0.2) is 18.7 Å². The van der Waals surface area contributed by atoms with Gasteiger partial charge in [0.1, 0.15) is 23.6 Å². The number of halogens is 2. The highest BCUT2D eigenvalue weighted by atomic mass is 35.5. The molecule has 0 fully saturated rings. The number of aromatic nitrogens is 5. The fraction of sp³-hybridized carbons (Fsp3) is 0.130. The summed E-state index contributed by atoms with van der Waals surface area (Å²) in [5, 5.41) is 11.8. The summed E-state index contributed by atoms with van der Waals surface area (Å²) < 4.78 is 16.4. The average Bonchev–Trinajstić information content (AvgIpc) is 3.42. The number of nitrogens with one attached hydrogen (secondary N) is 1. The summed E-state index contributed by atoms with van der Waals surface area (Å²) in [5.41, 5.74) is 3.74. The van der Waals surface area contributed by atoms with Gasteiger partial charge in [-0.3, -0.25) is 4.79 Å². The Morgan fingerprint density at radius 3 is 2.47 bits per heavy atom. The molecule has 32 heavy (non-hydrogen) atoms. The minimum Gasteiger partial charge on any atom is -0.346 e. The monoisotopic (exact) mass is 450 g/mol. The lowest BCUT2D eigenvalue weighted by Crippen LogP contribution is -2.24. The third-order valence-corrected chi connectivity index (χ3v) is 5.32. The largest absolute Gasteiger partial charge is 0.346 e. The summed E-state index contributed by atoms with van der Waals surface area (Å²) in [4.78, 5) is 16.4. The van der Waals surface area contributed by atoms with E-state index >= 15 is 0 Å². The van der Waals surface area contributed by atoms with Crippen molar-refractivity contribution in [2.75, 3.05) is 0 Å². The van der Waals surface area contributed by atoms with Gasteiger partial charge in [0, 0.05) is 11.6 Å². The maximum Gasteiger partial charge on any atom is 0.244 e. The predicted octanol–water partition coefficient (Wildman–Crippen LogP) is 4.44. The first-order valence-corrected chi connectivity index (χ1v) is 10.2. The van der Waals surface area contributed by atoms with Crippen LogP contribution in [0.2, 0.25) is 5.15 Å². The van der Waals surface area contributed by atoms with Gasteiger partial charge < -0.3 is 5.32 Å². The second-order valence-electron chi connectivity index (χ2n) is 7.17. The minimum absolute atomic E-state index is 0.199. The van der Waals surface area contributed by atoms with Gasteiger partial charge in [0.25, 0.3) is 0 Å². The van der Waals surface area contributed by atoms with Crippen LogP contribution in [-0.4, -0.2) is 30.5 Å². The van der Waals surface area contributed by atoms with E-state index in [0.29, 0.717) is 22.1 Å². The molecule has 0 aliphatic carbocycles. The summed E-state index contributed by atoms with van der Waals surface area (Å²) in [6.45, 7) is 3.70. The fourth-order valence-electron chi connectivity index (χ4n) is 3.22. The van der Waals surface area contributed by atoms with Crippen molar-refractivity contribution >= 4 is 23.6 Å². The molecule has 0 aliphatic rings. The third kappa shape index (κ3) is 4.60. The first kappa shape index (κ1) is 21.5. The summed E-state index contributed by atoms with van der Waals surface area (Å²) >= 11 is 6.46. The fourth-order valence-corrected chi connectivity index (χ4v) is 3.55. The summed E-state index contributed by atoms with van der Waals surface area (Å²) in [5.74, 6) is -0.601. The van der Waals surface area contributed by atoms with Crippen molar-refractivity contribution in [3.63, 3.8) is 0 Å². The van der Waals surface area contributed by atoms with E-state index in [1.807, 2.05) is 31.2 Å². The van der Waals surface area contributed by atoms with Crippen LogP contribution in [0.25, 0.3) is 17.5 Å². The van der Waals surface area contributed by atoms with E-state index in [4.69, 9.17) is 11.6 Å². The molecule has 0 saturated carbocycles. The number of hydrogen-bond donors (Lipinski definition) is 1. The van der Waals surface area contributed by atoms with E-state index in [1.165, 1.54) is 29.2 Å². The highest BCUT2D eigenvalue weighted by molar-refractivity contribution is 6.31. The number of aryl methyl sites for hydroxylation is 1. The van der Waals surface area contributed by atoms with E-state index in [2.05, 4.69) is 20.5 Å². The molecular formula is C23H20ClFN6O. The Morgan fingerprint density at radius 1 is 1.12 bits per heavy atom. The predicted molar refractivity (Wildman–Crippen MR) is 120 cm³/mol. The zero-order valence-electron chi connectivity index (χ0n) is 17.4. The molecule has 1 N–H and O–H groups in total. The molecule has 1 unspecified atom stereocenters. The van der Waals surface area contributed by atoms with Gasteiger partial charge in [-0.2, -0.15) is 10.2 Å². The van der Waals surface area contributed by atoms with Crippen molar-refractivity contribution in [3.8, 4) is 11.4 Å². The molecule has 1 atom stereocenters. The van der Waals surface area contributed by atoms with Crippen molar-refractivity contribution < 1.29 is 9.18 Å². The molecule has 1 amide bonds. The normalized spacial score (nSPS) is 12.2. The lowest BCUT2D eigenvalue weighted by atomic mass is 10.1. The first-order chi connectivity index (χ1) is 15.4. The van der Waals surface area contributed by atoms with Gasteiger partial charge in [-0.1, -0.05) is 23.7 Å². The van der Waals surface area contributed by atoms with E-state index in [0.717, 1.165) is 11.3 Å². The van der Waals surface area contributed by atoms with Crippen LogP contribution in [0.15, 0.2) is 67.3 Å². The highest BCUT2D eigenvalue weighted by Gasteiger charge is 2.14. The van der Waals surface area contributed by atoms with Gasteiger partial charge in [0.2, 0.25) is 5.91 Å². The standard InChI is InChI=1S/C23H20ClFN6O/c1-15(17-3-7-19(8-4-17)30-14-26-13-27-30)28-22(32)12-11-21-16(2)29-31(23(21)24)20-9-5-18(25)6-10-20/h3-15H,1-2H3,(H,28,32)/b12-11+. The summed E-state index contributed by atoms with van der Waals surface area (Å²) in [6.07, 6.45) is 6.14. The van der Waals surface area contributed by atoms with Crippen molar-refractivity contribution in [1.82, 2.24) is 29.9 Å². The molecule has 7 nitrogen and oxygen atoms in total. The number of rotatable bonds is 6. The molecule has 0 saturated heterocycles. The van der Waals surface area contributed by atoms with Crippen molar-refractivity contribution in [3.05, 3.63) is 95.1 Å². The van der Waals surface area contributed by atoms with E-state index in [1.54, 1.807) is 36.1 Å². The lowest BCUT2D eigenvalue weighted by Gasteiger charge is -2.13. The SMILES string of the molecule is Cc1nn(-c2ccc(F)cc2)c(Cl)c1/C=C/C(=O)NC(C)c1ccc(-n2cncn2)cc1. The Balaban J connectivity index is 1.44. The smallest absolute Gasteiger partial charge is 0.244 e. The van der Waals surface area contributed by atoms with Crippen molar-refractivity contribution in [1.29, 1.82) is 0 Å². The molecule has 2 heterocycles. The van der Waals surface area contributed by atoms with Gasteiger partial charge in [-0.15, -0.1) is 0 Å². The number of hydrogen-bond acceptors (Lipinski definition) is 4. The molecule has 0 bridgehead atoms. The van der Waals surface area contributed by atoms with E-state index in [-0.39, 0.29) is 17.8 Å². The minimum atomic E-state index is -0.340. The zero-order chi connectivity index (χ0) is 22.7. The number of amides is 1. The second kappa shape index (κ2) is 9.15. The molecule has 0 spiro atoms. The molecule has 0 aliphatic heterocycles. The third-order valence-electron chi connectivity index (χ3n) is 4.96. The van der Waals surface area contributed by atoms with Crippen LogP contribution in [0.5, 0.6) is 0 Å². The van der Waals surface area contributed by atoms with Crippen LogP contribution in [0.3, 0.4) is 0 Å². The van der Waals surface area contributed by atoms with Gasteiger partial charge in [-0.05, 0) is 61.9 Å². The van der Waals surface area contributed by atoms with Gasteiger partial charge in [0.05, 0.1) is 23.1 Å². The Kier molecular flexibility index (Phi) is 6.13. The average molecular weight is 451 g/mol. The highest BCUT2D eigenvalue weighted by Crippen LogP contribution is 2.25. The Morgan fingerprint density at radius 2 is 1.81 bits per heavy atom. The molecule has 162 valence electrons. The van der Waals surface area contributed by atoms with E-state index < -0.39 is 0 Å². The number of benzene rings is 2. The van der Waals surface area contributed by atoms with Crippen molar-refractivity contribution in [2.24, 2.45) is 0 Å². The molecule has 4 aromatic rings. The van der Waals surface area contributed by atoms with Crippen LogP contribution in [0.1, 0.15) is 29.8 Å². The number of carbonyl (C=O) groups is 1. The molecule has 9 heteroatoms. The maximum atomic E-state index is 13.2. The van der Waals surface area contributed by atoms with Crippen LogP contribution >= 0.6 is 11.6 Å². The number of carbonyl (C=O) groups excluding carboxylic acids is 1. The van der Waals surface area contributed by atoms with Gasteiger partial charge >= 0.3 is 0 Å². The zero-order valence-corrected chi connectivity index (χ0v) is 18.2.